The number of amides is 1. The highest BCUT2D eigenvalue weighted by molar-refractivity contribution is 9.10. The Morgan fingerprint density at radius 2 is 2.03 bits per heavy atom. The van der Waals surface area contributed by atoms with Gasteiger partial charge in [-0.05, 0) is 29.8 Å². The highest BCUT2D eigenvalue weighted by atomic mass is 79.9. The number of nitro groups is 1. The van der Waals surface area contributed by atoms with Gasteiger partial charge in [0.1, 0.15) is 11.9 Å². The first kappa shape index (κ1) is 20.2. The molecule has 0 aliphatic rings. The van der Waals surface area contributed by atoms with Crippen molar-refractivity contribution in [3.63, 3.8) is 0 Å². The summed E-state index contributed by atoms with van der Waals surface area (Å²) in [5, 5.41) is 19.2. The van der Waals surface area contributed by atoms with Crippen molar-refractivity contribution >= 4 is 33.7 Å². The molecule has 1 aromatic heterocycles. The number of ether oxygens (including phenoxy) is 1. The van der Waals surface area contributed by atoms with E-state index in [9.17, 15) is 14.9 Å². The van der Waals surface area contributed by atoms with E-state index in [1.54, 1.807) is 24.3 Å². The smallest absolute Gasteiger partial charge is 0.320 e. The van der Waals surface area contributed by atoms with E-state index in [1.807, 2.05) is 24.3 Å². The van der Waals surface area contributed by atoms with E-state index in [0.717, 1.165) is 10.0 Å². The minimum absolute atomic E-state index is 0.284. The lowest BCUT2D eigenvalue weighted by atomic mass is 10.2. The van der Waals surface area contributed by atoms with Crippen molar-refractivity contribution < 1.29 is 14.5 Å². The van der Waals surface area contributed by atoms with E-state index < -0.39 is 16.5 Å². The molecule has 1 N–H and O–H groups in total. The molecule has 3 rings (SSSR count). The first-order chi connectivity index (χ1) is 14.0. The largest absolute Gasteiger partial charge is 0.496 e. The van der Waals surface area contributed by atoms with Crippen LogP contribution in [0.2, 0.25) is 0 Å². The molecule has 0 saturated carbocycles. The Balaban J connectivity index is 1.77. The molecule has 0 saturated heterocycles. The summed E-state index contributed by atoms with van der Waals surface area (Å²) in [6.45, 7) is 0.284. The number of rotatable bonds is 7. The van der Waals surface area contributed by atoms with Crippen LogP contribution in [-0.2, 0) is 6.54 Å². The summed E-state index contributed by atoms with van der Waals surface area (Å²) in [6.07, 6.45) is 2.61. The van der Waals surface area contributed by atoms with Gasteiger partial charge in [-0.3, -0.25) is 19.6 Å². The molecule has 148 valence electrons. The number of hydrogen-bond acceptors (Lipinski definition) is 6. The predicted octanol–water partition coefficient (Wildman–Crippen LogP) is 3.37. The summed E-state index contributed by atoms with van der Waals surface area (Å²) >= 11 is 3.35. The molecule has 29 heavy (non-hydrogen) atoms. The quantitative estimate of drug-likeness (QED) is 0.332. The van der Waals surface area contributed by atoms with Crippen LogP contribution < -0.4 is 10.2 Å². The van der Waals surface area contributed by atoms with E-state index in [-0.39, 0.29) is 12.2 Å². The van der Waals surface area contributed by atoms with Crippen molar-refractivity contribution in [1.29, 1.82) is 0 Å². The van der Waals surface area contributed by atoms with Crippen LogP contribution >= 0.6 is 15.9 Å². The zero-order valence-corrected chi connectivity index (χ0v) is 16.9. The normalized spacial score (nSPS) is 10.8. The van der Waals surface area contributed by atoms with Gasteiger partial charge in [-0.25, -0.2) is 5.43 Å². The number of carbonyl (C=O) groups is 1. The minimum Gasteiger partial charge on any atom is -0.496 e. The summed E-state index contributed by atoms with van der Waals surface area (Å²) in [4.78, 5) is 23.1. The predicted molar refractivity (Wildman–Crippen MR) is 110 cm³/mol. The number of carbonyl (C=O) groups excluding carboxylic acids is 1. The number of methoxy groups -OCH3 is 1. The summed E-state index contributed by atoms with van der Waals surface area (Å²) in [6, 6.07) is 14.5. The third-order valence-corrected chi connectivity index (χ3v) is 4.45. The van der Waals surface area contributed by atoms with Crippen LogP contribution in [0.25, 0.3) is 0 Å². The molecule has 0 aliphatic carbocycles. The van der Waals surface area contributed by atoms with Crippen LogP contribution in [0.5, 0.6) is 5.75 Å². The molecule has 10 heteroatoms. The number of nitrogens with zero attached hydrogens (tertiary/aromatic N) is 4. The third-order valence-electron chi connectivity index (χ3n) is 3.92. The second-order valence-electron chi connectivity index (χ2n) is 5.89. The number of hydrogen-bond donors (Lipinski definition) is 1. The lowest BCUT2D eigenvalue weighted by Crippen LogP contribution is -2.19. The maximum atomic E-state index is 12.4. The molecule has 0 radical (unpaired) electrons. The Morgan fingerprint density at radius 3 is 2.72 bits per heavy atom. The molecule has 0 fully saturated rings. The number of halogens is 1. The van der Waals surface area contributed by atoms with Gasteiger partial charge in [0, 0.05) is 10.0 Å². The summed E-state index contributed by atoms with van der Waals surface area (Å²) in [7, 11) is 1.52. The molecular weight excluding hydrogens is 442 g/mol. The van der Waals surface area contributed by atoms with Crippen LogP contribution in [0, 0.1) is 10.1 Å². The molecule has 2 aromatic carbocycles. The van der Waals surface area contributed by atoms with E-state index in [0.29, 0.717) is 11.3 Å². The maximum absolute atomic E-state index is 12.4. The molecule has 0 atom stereocenters. The highest BCUT2D eigenvalue weighted by Crippen LogP contribution is 2.19. The fourth-order valence-corrected chi connectivity index (χ4v) is 2.81. The van der Waals surface area contributed by atoms with Crippen molar-refractivity contribution in [2.24, 2.45) is 5.10 Å². The van der Waals surface area contributed by atoms with E-state index >= 15 is 0 Å². The minimum atomic E-state index is -0.780. The van der Waals surface area contributed by atoms with Gasteiger partial charge in [0.2, 0.25) is 5.69 Å². The Bertz CT molecular complexity index is 1060. The Morgan fingerprint density at radius 1 is 1.31 bits per heavy atom. The van der Waals surface area contributed by atoms with Crippen molar-refractivity contribution in [1.82, 2.24) is 15.2 Å². The number of aromatic nitrogens is 2. The maximum Gasteiger partial charge on any atom is 0.320 e. The number of nitrogens with one attached hydrogen (secondary N) is 1. The van der Waals surface area contributed by atoms with Gasteiger partial charge in [0.05, 0.1) is 24.8 Å². The van der Waals surface area contributed by atoms with Crippen molar-refractivity contribution in [2.45, 2.75) is 6.54 Å². The topological polar surface area (TPSA) is 112 Å². The van der Waals surface area contributed by atoms with Gasteiger partial charge < -0.3 is 4.74 Å². The average molecular weight is 458 g/mol. The average Bonchev–Trinajstić information content (AvgIpc) is 3.14. The summed E-state index contributed by atoms with van der Waals surface area (Å²) in [5.74, 6) is -0.201. The zero-order chi connectivity index (χ0) is 20.8. The Kier molecular flexibility index (Phi) is 6.35. The standard InChI is InChI=1S/C19H16BrN5O4/c1-29-17-5-3-2-4-14(17)10-21-22-19(26)18-16(25(27)28)12-24(23-18)11-13-6-8-15(20)9-7-13/h2-10,12H,11H2,1H3,(H,22,26)/b21-10-. The Labute approximate surface area is 174 Å². The van der Waals surface area contributed by atoms with E-state index in [4.69, 9.17) is 4.74 Å². The molecule has 0 bridgehead atoms. The van der Waals surface area contributed by atoms with Gasteiger partial charge in [0.15, 0.2) is 0 Å². The molecule has 3 aromatic rings. The van der Waals surface area contributed by atoms with Crippen LogP contribution in [-0.4, -0.2) is 33.9 Å². The van der Waals surface area contributed by atoms with Gasteiger partial charge in [0.25, 0.3) is 5.91 Å². The van der Waals surface area contributed by atoms with Gasteiger partial charge in [-0.15, -0.1) is 0 Å². The van der Waals surface area contributed by atoms with Gasteiger partial charge >= 0.3 is 5.69 Å². The first-order valence-electron chi connectivity index (χ1n) is 8.40. The SMILES string of the molecule is COc1ccccc1/C=N\NC(=O)c1nn(Cc2ccc(Br)cc2)cc1[N+](=O)[O-]. The zero-order valence-electron chi connectivity index (χ0n) is 15.3. The second kappa shape index (κ2) is 9.11. The van der Waals surface area contributed by atoms with Crippen molar-refractivity contribution in [2.75, 3.05) is 7.11 Å². The number of para-hydroxylation sites is 1. The number of hydrazone groups is 1. The van der Waals surface area contributed by atoms with Crippen LogP contribution in [0.1, 0.15) is 21.6 Å². The molecule has 0 spiro atoms. The lowest BCUT2D eigenvalue weighted by Gasteiger charge is -2.03. The Hall–Kier alpha value is -3.53. The van der Waals surface area contributed by atoms with Crippen LogP contribution in [0.15, 0.2) is 64.3 Å². The van der Waals surface area contributed by atoms with Gasteiger partial charge in [-0.2, -0.15) is 10.2 Å². The first-order valence-corrected chi connectivity index (χ1v) is 9.20. The van der Waals surface area contributed by atoms with Crippen molar-refractivity contribution in [3.05, 3.63) is 86.1 Å². The summed E-state index contributed by atoms with van der Waals surface area (Å²) in [5.41, 5.74) is 3.08. The van der Waals surface area contributed by atoms with E-state index in [1.165, 1.54) is 24.2 Å². The molecule has 0 unspecified atom stereocenters. The third kappa shape index (κ3) is 5.05. The van der Waals surface area contributed by atoms with Crippen molar-refractivity contribution in [3.8, 4) is 5.75 Å². The van der Waals surface area contributed by atoms with Crippen LogP contribution in [0.4, 0.5) is 5.69 Å². The highest BCUT2D eigenvalue weighted by Gasteiger charge is 2.25. The molecule has 1 heterocycles. The summed E-state index contributed by atoms with van der Waals surface area (Å²) < 4.78 is 7.46. The second-order valence-corrected chi connectivity index (χ2v) is 6.80. The fourth-order valence-electron chi connectivity index (χ4n) is 2.55. The molecule has 1 amide bonds. The molecular formula is C19H16BrN5O4. The van der Waals surface area contributed by atoms with E-state index in [2.05, 4.69) is 31.6 Å². The number of benzene rings is 2. The molecule has 0 aliphatic heterocycles. The monoisotopic (exact) mass is 457 g/mol. The van der Waals surface area contributed by atoms with Gasteiger partial charge in [-0.1, -0.05) is 40.2 Å². The fraction of sp³-hybridized carbons (Fsp3) is 0.105. The molecule has 9 nitrogen and oxygen atoms in total. The lowest BCUT2D eigenvalue weighted by molar-refractivity contribution is -0.385. The van der Waals surface area contributed by atoms with Crippen LogP contribution in [0.3, 0.4) is 0 Å².